The van der Waals surface area contributed by atoms with Crippen molar-refractivity contribution in [1.29, 1.82) is 0 Å². The van der Waals surface area contributed by atoms with Crippen molar-refractivity contribution in [2.45, 2.75) is 6.42 Å². The molecule has 0 saturated heterocycles. The molecule has 0 N–H and O–H groups in total. The number of hydrogen-bond acceptors (Lipinski definition) is 3. The number of carbonyl (C=O) groups excluding carboxylic acids is 2. The summed E-state index contributed by atoms with van der Waals surface area (Å²) >= 11 is 0. The van der Waals surface area contributed by atoms with E-state index in [1.165, 1.54) is 4.90 Å². The maximum absolute atomic E-state index is 12.0. The summed E-state index contributed by atoms with van der Waals surface area (Å²) in [5.74, 6) is -0.325. The molecule has 2 rings (SSSR count). The Morgan fingerprint density at radius 1 is 1.06 bits per heavy atom. The highest BCUT2D eigenvalue weighted by molar-refractivity contribution is 8.93. The van der Waals surface area contributed by atoms with Crippen LogP contribution in [0.25, 0.3) is 0 Å². The molecule has 0 aromatic heterocycles. The molecule has 0 fully saturated rings. The largest absolute Gasteiger partial charge is 0.309 e. The van der Waals surface area contributed by atoms with E-state index in [-0.39, 0.29) is 28.8 Å². The summed E-state index contributed by atoms with van der Waals surface area (Å²) in [4.78, 5) is 27.3. The summed E-state index contributed by atoms with van der Waals surface area (Å²) in [6, 6.07) is 6.99. The van der Waals surface area contributed by atoms with Crippen molar-refractivity contribution >= 4 is 28.8 Å². The second-order valence-electron chi connectivity index (χ2n) is 4.46. The van der Waals surface area contributed by atoms with Gasteiger partial charge in [0.2, 0.25) is 0 Å². The van der Waals surface area contributed by atoms with Gasteiger partial charge >= 0.3 is 0 Å². The second-order valence-corrected chi connectivity index (χ2v) is 4.46. The Kier molecular flexibility index (Phi) is 5.04. The summed E-state index contributed by atoms with van der Waals surface area (Å²) in [7, 11) is 3.95. The summed E-state index contributed by atoms with van der Waals surface area (Å²) < 4.78 is 0. The Labute approximate surface area is 117 Å². The maximum Gasteiger partial charge on any atom is 0.261 e. The molecule has 2 amide bonds. The maximum atomic E-state index is 12.0. The third-order valence-corrected chi connectivity index (χ3v) is 2.87. The molecule has 0 bridgehead atoms. The van der Waals surface area contributed by atoms with E-state index in [1.54, 1.807) is 24.3 Å². The van der Waals surface area contributed by atoms with Gasteiger partial charge in [0.25, 0.3) is 11.8 Å². The summed E-state index contributed by atoms with van der Waals surface area (Å²) in [6.07, 6.45) is 0.804. The number of halogens is 1. The summed E-state index contributed by atoms with van der Waals surface area (Å²) in [6.45, 7) is 1.36. The number of hydrogen-bond donors (Lipinski definition) is 0. The minimum absolute atomic E-state index is 0. The zero-order valence-electron chi connectivity index (χ0n) is 10.5. The van der Waals surface area contributed by atoms with Crippen molar-refractivity contribution in [3.8, 4) is 0 Å². The molecule has 1 aromatic carbocycles. The van der Waals surface area contributed by atoms with Crippen LogP contribution in [0.3, 0.4) is 0 Å². The predicted octanol–water partition coefficient (Wildman–Crippen LogP) is 1.81. The van der Waals surface area contributed by atoms with Gasteiger partial charge in [-0.2, -0.15) is 0 Å². The number of amides is 2. The quantitative estimate of drug-likeness (QED) is 0.796. The molecule has 1 aromatic rings. The third kappa shape index (κ3) is 2.79. The lowest BCUT2D eigenvalue weighted by Gasteiger charge is -2.15. The highest BCUT2D eigenvalue weighted by Gasteiger charge is 2.34. The average Bonchev–Trinajstić information content (AvgIpc) is 2.54. The van der Waals surface area contributed by atoms with E-state index in [0.717, 1.165) is 13.0 Å². The Hall–Kier alpha value is -1.20. The topological polar surface area (TPSA) is 40.6 Å². The van der Waals surface area contributed by atoms with Crippen LogP contribution in [-0.4, -0.2) is 48.8 Å². The predicted molar refractivity (Wildman–Crippen MR) is 75.3 cm³/mol. The molecule has 1 aliphatic heterocycles. The molecule has 1 heterocycles. The van der Waals surface area contributed by atoms with Crippen LogP contribution < -0.4 is 0 Å². The van der Waals surface area contributed by atoms with Gasteiger partial charge in [-0.25, -0.2) is 0 Å². The summed E-state index contributed by atoms with van der Waals surface area (Å²) in [5.41, 5.74) is 1.06. The molecule has 18 heavy (non-hydrogen) atoms. The highest BCUT2D eigenvalue weighted by Crippen LogP contribution is 2.22. The molecular formula is C13H17BrN2O2. The fourth-order valence-electron chi connectivity index (χ4n) is 1.99. The monoisotopic (exact) mass is 312 g/mol. The molecule has 0 atom stereocenters. The van der Waals surface area contributed by atoms with Crippen LogP contribution in [0.1, 0.15) is 27.1 Å². The van der Waals surface area contributed by atoms with Crippen LogP contribution in [0.15, 0.2) is 24.3 Å². The first-order valence-corrected chi connectivity index (χ1v) is 5.71. The Morgan fingerprint density at radius 2 is 1.56 bits per heavy atom. The van der Waals surface area contributed by atoms with Crippen LogP contribution in [0.2, 0.25) is 0 Å². The Bertz CT molecular complexity index is 425. The number of rotatable bonds is 4. The summed E-state index contributed by atoms with van der Waals surface area (Å²) in [5, 5.41) is 0. The molecule has 4 nitrogen and oxygen atoms in total. The smallest absolute Gasteiger partial charge is 0.261 e. The average molecular weight is 313 g/mol. The van der Waals surface area contributed by atoms with E-state index in [9.17, 15) is 9.59 Å². The minimum Gasteiger partial charge on any atom is -0.309 e. The molecule has 0 radical (unpaired) electrons. The van der Waals surface area contributed by atoms with Gasteiger partial charge in [-0.05, 0) is 39.2 Å². The number of fused-ring (bicyclic) bond motifs is 1. The van der Waals surface area contributed by atoms with E-state index in [4.69, 9.17) is 0 Å². The molecule has 5 heteroatoms. The van der Waals surface area contributed by atoms with Crippen molar-refractivity contribution in [3.05, 3.63) is 35.4 Å². The molecule has 0 aliphatic carbocycles. The van der Waals surface area contributed by atoms with E-state index in [1.807, 2.05) is 19.0 Å². The van der Waals surface area contributed by atoms with Gasteiger partial charge in [-0.1, -0.05) is 12.1 Å². The molecular weight excluding hydrogens is 296 g/mol. The van der Waals surface area contributed by atoms with Crippen LogP contribution >= 0.6 is 17.0 Å². The van der Waals surface area contributed by atoms with Crippen molar-refractivity contribution in [2.75, 3.05) is 27.2 Å². The van der Waals surface area contributed by atoms with Gasteiger partial charge in [0.1, 0.15) is 0 Å². The minimum atomic E-state index is -0.163. The highest BCUT2D eigenvalue weighted by atomic mass is 79.9. The standard InChI is InChI=1S/C13H16N2O2.BrH/c1-14(2)8-5-9-15-12(16)10-6-3-4-7-11(10)13(15)17;/h3-4,6-7H,5,8-9H2,1-2H3;1H. The van der Waals surface area contributed by atoms with Gasteiger partial charge in [0.05, 0.1) is 11.1 Å². The lowest BCUT2D eigenvalue weighted by Crippen LogP contribution is -2.32. The van der Waals surface area contributed by atoms with Gasteiger partial charge in [0.15, 0.2) is 0 Å². The van der Waals surface area contributed by atoms with Crippen molar-refractivity contribution in [3.63, 3.8) is 0 Å². The fraction of sp³-hybridized carbons (Fsp3) is 0.385. The third-order valence-electron chi connectivity index (χ3n) is 2.87. The number of imide groups is 1. The normalized spacial score (nSPS) is 13.8. The first kappa shape index (κ1) is 14.9. The Balaban J connectivity index is 0.00000162. The van der Waals surface area contributed by atoms with E-state index < -0.39 is 0 Å². The van der Waals surface area contributed by atoms with Crippen LogP contribution in [0.4, 0.5) is 0 Å². The van der Waals surface area contributed by atoms with Gasteiger partial charge < -0.3 is 4.90 Å². The number of benzene rings is 1. The van der Waals surface area contributed by atoms with E-state index >= 15 is 0 Å². The van der Waals surface area contributed by atoms with Crippen LogP contribution in [0.5, 0.6) is 0 Å². The lowest BCUT2D eigenvalue weighted by molar-refractivity contribution is 0.0649. The van der Waals surface area contributed by atoms with Gasteiger partial charge in [-0.15, -0.1) is 17.0 Å². The van der Waals surface area contributed by atoms with E-state index in [0.29, 0.717) is 17.7 Å². The van der Waals surface area contributed by atoms with Crippen LogP contribution in [-0.2, 0) is 0 Å². The molecule has 0 spiro atoms. The SMILES string of the molecule is Br.CN(C)CCCN1C(=O)c2ccccc2C1=O. The molecule has 98 valence electrons. The van der Waals surface area contributed by atoms with Crippen LogP contribution in [0, 0.1) is 0 Å². The zero-order chi connectivity index (χ0) is 12.4. The van der Waals surface area contributed by atoms with Crippen molar-refractivity contribution in [1.82, 2.24) is 9.80 Å². The fourth-order valence-corrected chi connectivity index (χ4v) is 1.99. The zero-order valence-corrected chi connectivity index (χ0v) is 12.3. The van der Waals surface area contributed by atoms with E-state index in [2.05, 4.69) is 0 Å². The second kappa shape index (κ2) is 6.11. The number of nitrogens with zero attached hydrogens (tertiary/aromatic N) is 2. The van der Waals surface area contributed by atoms with Crippen molar-refractivity contribution < 1.29 is 9.59 Å². The molecule has 0 saturated carbocycles. The first-order chi connectivity index (χ1) is 8.11. The first-order valence-electron chi connectivity index (χ1n) is 5.71. The Morgan fingerprint density at radius 3 is 2.00 bits per heavy atom. The lowest BCUT2D eigenvalue weighted by atomic mass is 10.1. The molecule has 1 aliphatic rings. The van der Waals surface area contributed by atoms with Gasteiger partial charge in [0, 0.05) is 6.54 Å². The number of carbonyl (C=O) groups is 2. The van der Waals surface area contributed by atoms with Crippen molar-refractivity contribution in [2.24, 2.45) is 0 Å². The molecule has 0 unspecified atom stereocenters. The van der Waals surface area contributed by atoms with Gasteiger partial charge in [-0.3, -0.25) is 14.5 Å².